The van der Waals surface area contributed by atoms with E-state index in [2.05, 4.69) is 0 Å². The van der Waals surface area contributed by atoms with Gasteiger partial charge in [0.25, 0.3) is 0 Å². The Morgan fingerprint density at radius 2 is 2.27 bits per heavy atom. The van der Waals surface area contributed by atoms with Crippen LogP contribution in [0.5, 0.6) is 0 Å². The maximum Gasteiger partial charge on any atom is 0.307 e. The third-order valence-electron chi connectivity index (χ3n) is 2.08. The molecule has 0 aliphatic rings. The molecule has 4 heteroatoms. The molecule has 1 aromatic rings. The number of nitrogens with zero attached hydrogens (tertiary/aromatic N) is 1. The standard InChI is InChI=1S/C11H10ClNO2/c1-7-2-8(5-12)3-9(4-11(14)15)10(7)6-13/h2-3H,4-5H2,1H3,(H,14,15). The quantitative estimate of drug-likeness (QED) is 0.800. The highest BCUT2D eigenvalue weighted by Crippen LogP contribution is 2.18. The molecule has 78 valence electrons. The molecule has 0 aliphatic carbocycles. The lowest BCUT2D eigenvalue weighted by atomic mass is 9.98. The van der Waals surface area contributed by atoms with Gasteiger partial charge in [-0.1, -0.05) is 12.1 Å². The van der Waals surface area contributed by atoms with Gasteiger partial charge in [-0.3, -0.25) is 4.79 Å². The topological polar surface area (TPSA) is 61.1 Å². The van der Waals surface area contributed by atoms with Crippen molar-refractivity contribution < 1.29 is 9.90 Å². The molecule has 0 spiro atoms. The number of aliphatic carboxylic acids is 1. The maximum atomic E-state index is 10.6. The Morgan fingerprint density at radius 1 is 1.60 bits per heavy atom. The first-order valence-electron chi connectivity index (χ1n) is 4.38. The number of halogens is 1. The first kappa shape index (κ1) is 11.5. The van der Waals surface area contributed by atoms with E-state index in [1.54, 1.807) is 19.1 Å². The molecule has 0 saturated heterocycles. The van der Waals surface area contributed by atoms with Crippen LogP contribution in [0.3, 0.4) is 0 Å². The van der Waals surface area contributed by atoms with Crippen molar-refractivity contribution in [2.75, 3.05) is 0 Å². The number of carboxylic acid groups (broad SMARTS) is 1. The van der Waals surface area contributed by atoms with E-state index in [4.69, 9.17) is 22.0 Å². The zero-order chi connectivity index (χ0) is 11.4. The summed E-state index contributed by atoms with van der Waals surface area (Å²) in [5.41, 5.74) is 2.57. The number of alkyl halides is 1. The van der Waals surface area contributed by atoms with Gasteiger partial charge >= 0.3 is 5.97 Å². The monoisotopic (exact) mass is 223 g/mol. The summed E-state index contributed by atoms with van der Waals surface area (Å²) < 4.78 is 0. The SMILES string of the molecule is Cc1cc(CCl)cc(CC(=O)O)c1C#N. The molecule has 1 N–H and O–H groups in total. The molecule has 1 aromatic carbocycles. The lowest BCUT2D eigenvalue weighted by Crippen LogP contribution is -2.04. The Morgan fingerprint density at radius 3 is 2.73 bits per heavy atom. The number of hydrogen-bond acceptors (Lipinski definition) is 2. The highest BCUT2D eigenvalue weighted by atomic mass is 35.5. The summed E-state index contributed by atoms with van der Waals surface area (Å²) in [5, 5.41) is 17.6. The highest BCUT2D eigenvalue weighted by molar-refractivity contribution is 6.17. The fourth-order valence-electron chi connectivity index (χ4n) is 1.48. The summed E-state index contributed by atoms with van der Waals surface area (Å²) in [4.78, 5) is 10.6. The molecule has 1 rings (SSSR count). The molecular formula is C11H10ClNO2. The number of hydrogen-bond donors (Lipinski definition) is 1. The number of aryl methyl sites for hydroxylation is 1. The lowest BCUT2D eigenvalue weighted by Gasteiger charge is -2.07. The molecule has 0 radical (unpaired) electrons. The average molecular weight is 224 g/mol. The van der Waals surface area contributed by atoms with Crippen molar-refractivity contribution in [1.82, 2.24) is 0 Å². The second kappa shape index (κ2) is 4.81. The molecule has 0 heterocycles. The van der Waals surface area contributed by atoms with Gasteiger partial charge in [-0.05, 0) is 23.6 Å². The van der Waals surface area contributed by atoms with Crippen LogP contribution < -0.4 is 0 Å². The van der Waals surface area contributed by atoms with Crippen molar-refractivity contribution >= 4 is 17.6 Å². The van der Waals surface area contributed by atoms with E-state index in [0.29, 0.717) is 17.0 Å². The summed E-state index contributed by atoms with van der Waals surface area (Å²) >= 11 is 5.67. The Kier molecular flexibility index (Phi) is 3.70. The Hall–Kier alpha value is -1.53. The fraction of sp³-hybridized carbons (Fsp3) is 0.273. The van der Waals surface area contributed by atoms with Crippen LogP contribution in [0.25, 0.3) is 0 Å². The third-order valence-corrected chi connectivity index (χ3v) is 2.39. The van der Waals surface area contributed by atoms with Gasteiger partial charge in [0.1, 0.15) is 0 Å². The van der Waals surface area contributed by atoms with E-state index in [9.17, 15) is 4.79 Å². The van der Waals surface area contributed by atoms with Gasteiger partial charge in [0.2, 0.25) is 0 Å². The summed E-state index contributed by atoms with van der Waals surface area (Å²) in [7, 11) is 0. The van der Waals surface area contributed by atoms with Crippen molar-refractivity contribution in [3.05, 3.63) is 34.4 Å². The first-order valence-corrected chi connectivity index (χ1v) is 4.92. The molecule has 0 saturated carbocycles. The lowest BCUT2D eigenvalue weighted by molar-refractivity contribution is -0.136. The normalized spacial score (nSPS) is 9.67. The van der Waals surface area contributed by atoms with Crippen molar-refractivity contribution in [3.63, 3.8) is 0 Å². The fourth-order valence-corrected chi connectivity index (χ4v) is 1.63. The Balaban J connectivity index is 3.27. The van der Waals surface area contributed by atoms with Gasteiger partial charge in [0, 0.05) is 5.88 Å². The largest absolute Gasteiger partial charge is 0.481 e. The van der Waals surface area contributed by atoms with Crippen LogP contribution in [0.2, 0.25) is 0 Å². The molecule has 0 atom stereocenters. The molecule has 0 aliphatic heterocycles. The van der Waals surface area contributed by atoms with Crippen LogP contribution in [0.4, 0.5) is 0 Å². The molecular weight excluding hydrogens is 214 g/mol. The number of carbonyl (C=O) groups is 1. The molecule has 0 fully saturated rings. The van der Waals surface area contributed by atoms with Crippen LogP contribution in [-0.2, 0) is 17.1 Å². The van der Waals surface area contributed by atoms with Crippen molar-refractivity contribution in [3.8, 4) is 6.07 Å². The van der Waals surface area contributed by atoms with Crippen LogP contribution in [-0.4, -0.2) is 11.1 Å². The summed E-state index contributed by atoms with van der Waals surface area (Å²) in [6.07, 6.45) is -0.144. The maximum absolute atomic E-state index is 10.6. The summed E-state index contributed by atoms with van der Waals surface area (Å²) in [6, 6.07) is 5.49. The van der Waals surface area contributed by atoms with Crippen molar-refractivity contribution in [2.45, 2.75) is 19.2 Å². The first-order chi connectivity index (χ1) is 7.08. The molecule has 0 amide bonds. The van der Waals surface area contributed by atoms with Crippen molar-refractivity contribution in [2.24, 2.45) is 0 Å². The van der Waals surface area contributed by atoms with Gasteiger partial charge in [0.15, 0.2) is 0 Å². The van der Waals surface area contributed by atoms with E-state index >= 15 is 0 Å². The summed E-state index contributed by atoms with van der Waals surface area (Å²) in [5.74, 6) is -0.628. The molecule has 3 nitrogen and oxygen atoms in total. The smallest absolute Gasteiger partial charge is 0.307 e. The van der Waals surface area contributed by atoms with Gasteiger partial charge in [0.05, 0.1) is 18.1 Å². The number of benzene rings is 1. The summed E-state index contributed by atoms with van der Waals surface area (Å²) in [6.45, 7) is 1.78. The van der Waals surface area contributed by atoms with Gasteiger partial charge < -0.3 is 5.11 Å². The van der Waals surface area contributed by atoms with E-state index < -0.39 is 5.97 Å². The second-order valence-electron chi connectivity index (χ2n) is 3.26. The average Bonchev–Trinajstić information content (AvgIpc) is 2.16. The third kappa shape index (κ3) is 2.71. The van der Waals surface area contributed by atoms with Crippen LogP contribution in [0.15, 0.2) is 12.1 Å². The molecule has 15 heavy (non-hydrogen) atoms. The molecule has 0 unspecified atom stereocenters. The molecule has 0 bridgehead atoms. The number of rotatable bonds is 3. The zero-order valence-corrected chi connectivity index (χ0v) is 9.01. The second-order valence-corrected chi connectivity index (χ2v) is 3.53. The van der Waals surface area contributed by atoms with Crippen molar-refractivity contribution in [1.29, 1.82) is 5.26 Å². The highest BCUT2D eigenvalue weighted by Gasteiger charge is 2.10. The predicted molar refractivity (Wildman–Crippen MR) is 56.8 cm³/mol. The van der Waals surface area contributed by atoms with E-state index in [1.165, 1.54) is 0 Å². The predicted octanol–water partition coefficient (Wildman–Crippen LogP) is 2.23. The van der Waals surface area contributed by atoms with Gasteiger partial charge in [-0.2, -0.15) is 5.26 Å². The Bertz CT molecular complexity index is 435. The number of carboxylic acids is 1. The van der Waals surface area contributed by atoms with Crippen LogP contribution >= 0.6 is 11.6 Å². The van der Waals surface area contributed by atoms with Gasteiger partial charge in [-0.25, -0.2) is 0 Å². The number of nitriles is 1. The minimum atomic E-state index is -0.947. The van der Waals surface area contributed by atoms with E-state index in [1.807, 2.05) is 6.07 Å². The van der Waals surface area contributed by atoms with Crippen LogP contribution in [0.1, 0.15) is 22.3 Å². The molecule has 0 aromatic heterocycles. The van der Waals surface area contributed by atoms with E-state index in [-0.39, 0.29) is 6.42 Å². The van der Waals surface area contributed by atoms with Crippen LogP contribution in [0, 0.1) is 18.3 Å². The zero-order valence-electron chi connectivity index (χ0n) is 8.25. The minimum absolute atomic E-state index is 0.144. The Labute approximate surface area is 92.9 Å². The minimum Gasteiger partial charge on any atom is -0.481 e. The van der Waals surface area contributed by atoms with Gasteiger partial charge in [-0.15, -0.1) is 11.6 Å². The van der Waals surface area contributed by atoms with E-state index in [0.717, 1.165) is 11.1 Å².